The highest BCUT2D eigenvalue weighted by molar-refractivity contribution is 5.87. The van der Waals surface area contributed by atoms with Gasteiger partial charge in [-0.3, -0.25) is 9.59 Å². The average molecular weight is 238 g/mol. The predicted octanol–water partition coefficient (Wildman–Crippen LogP) is 1.26. The van der Waals surface area contributed by atoms with E-state index in [1.165, 1.54) is 0 Å². The molecule has 1 aliphatic heterocycles. The lowest BCUT2D eigenvalue weighted by Crippen LogP contribution is -2.59. The standard InChI is InChI=1S/C13H22N2O2/c1-13(2,3)15-8-7-14(9-11(15)16)12(17)10-5-4-6-10/h10H,4-9H2,1-3H3. The molecule has 1 heterocycles. The molecule has 1 aliphatic carbocycles. The van der Waals surface area contributed by atoms with Crippen LogP contribution in [-0.2, 0) is 9.59 Å². The van der Waals surface area contributed by atoms with Gasteiger partial charge in [0.1, 0.15) is 0 Å². The second-order valence-electron chi connectivity index (χ2n) is 6.10. The van der Waals surface area contributed by atoms with E-state index < -0.39 is 0 Å². The summed E-state index contributed by atoms with van der Waals surface area (Å²) in [4.78, 5) is 27.7. The van der Waals surface area contributed by atoms with Gasteiger partial charge in [-0.25, -0.2) is 0 Å². The van der Waals surface area contributed by atoms with E-state index in [9.17, 15) is 9.59 Å². The Morgan fingerprint density at radius 3 is 2.29 bits per heavy atom. The highest BCUT2D eigenvalue weighted by Crippen LogP contribution is 2.29. The molecule has 0 atom stereocenters. The highest BCUT2D eigenvalue weighted by atomic mass is 16.2. The van der Waals surface area contributed by atoms with Gasteiger partial charge in [0, 0.05) is 24.5 Å². The van der Waals surface area contributed by atoms with E-state index >= 15 is 0 Å². The van der Waals surface area contributed by atoms with E-state index in [1.807, 2.05) is 25.7 Å². The van der Waals surface area contributed by atoms with Crippen molar-refractivity contribution in [2.75, 3.05) is 19.6 Å². The van der Waals surface area contributed by atoms with Crippen molar-refractivity contribution in [2.45, 2.75) is 45.6 Å². The maximum Gasteiger partial charge on any atom is 0.242 e. The van der Waals surface area contributed by atoms with E-state index in [0.29, 0.717) is 13.1 Å². The summed E-state index contributed by atoms with van der Waals surface area (Å²) >= 11 is 0. The minimum Gasteiger partial charge on any atom is -0.335 e. The first-order valence-corrected chi connectivity index (χ1v) is 6.49. The fraction of sp³-hybridized carbons (Fsp3) is 0.846. The zero-order valence-corrected chi connectivity index (χ0v) is 11.0. The van der Waals surface area contributed by atoms with E-state index in [1.54, 1.807) is 4.90 Å². The molecular formula is C13H22N2O2. The van der Waals surface area contributed by atoms with Crippen LogP contribution in [0.25, 0.3) is 0 Å². The largest absolute Gasteiger partial charge is 0.335 e. The number of nitrogens with zero attached hydrogens (tertiary/aromatic N) is 2. The summed E-state index contributed by atoms with van der Waals surface area (Å²) in [6, 6.07) is 0. The molecule has 2 aliphatic rings. The summed E-state index contributed by atoms with van der Waals surface area (Å²) < 4.78 is 0. The van der Waals surface area contributed by atoms with Crippen molar-refractivity contribution >= 4 is 11.8 Å². The van der Waals surface area contributed by atoms with Crippen molar-refractivity contribution in [3.05, 3.63) is 0 Å². The van der Waals surface area contributed by atoms with Crippen molar-refractivity contribution in [1.82, 2.24) is 9.80 Å². The molecule has 2 fully saturated rings. The van der Waals surface area contributed by atoms with Crippen LogP contribution in [0.15, 0.2) is 0 Å². The number of amides is 2. The van der Waals surface area contributed by atoms with Gasteiger partial charge < -0.3 is 9.80 Å². The number of carbonyl (C=O) groups excluding carboxylic acids is 2. The van der Waals surface area contributed by atoms with Crippen molar-refractivity contribution in [3.8, 4) is 0 Å². The predicted molar refractivity (Wildman–Crippen MR) is 65.4 cm³/mol. The zero-order chi connectivity index (χ0) is 12.6. The lowest BCUT2D eigenvalue weighted by molar-refractivity contribution is -0.152. The van der Waals surface area contributed by atoms with Gasteiger partial charge in [-0.15, -0.1) is 0 Å². The minimum absolute atomic E-state index is 0.0800. The first kappa shape index (κ1) is 12.4. The maximum absolute atomic E-state index is 12.0. The average Bonchev–Trinajstić information content (AvgIpc) is 2.12. The normalized spacial score (nSPS) is 22.6. The first-order valence-electron chi connectivity index (χ1n) is 6.49. The Morgan fingerprint density at radius 2 is 1.88 bits per heavy atom. The number of piperazine rings is 1. The van der Waals surface area contributed by atoms with Crippen LogP contribution < -0.4 is 0 Å². The SMILES string of the molecule is CC(C)(C)N1CCN(C(=O)C2CCC2)CC1=O. The van der Waals surface area contributed by atoms with E-state index in [4.69, 9.17) is 0 Å². The van der Waals surface area contributed by atoms with E-state index in [-0.39, 0.29) is 29.8 Å². The Hall–Kier alpha value is -1.06. The zero-order valence-electron chi connectivity index (χ0n) is 11.0. The van der Waals surface area contributed by atoms with E-state index in [0.717, 1.165) is 19.3 Å². The second kappa shape index (κ2) is 4.31. The smallest absolute Gasteiger partial charge is 0.242 e. The number of hydrogen-bond donors (Lipinski definition) is 0. The number of rotatable bonds is 1. The fourth-order valence-electron chi connectivity index (χ4n) is 2.48. The van der Waals surface area contributed by atoms with Gasteiger partial charge in [0.15, 0.2) is 0 Å². The summed E-state index contributed by atoms with van der Waals surface area (Å²) in [5.41, 5.74) is -0.136. The molecular weight excluding hydrogens is 216 g/mol. The third kappa shape index (κ3) is 2.45. The van der Waals surface area contributed by atoms with Gasteiger partial charge in [0.2, 0.25) is 11.8 Å². The van der Waals surface area contributed by atoms with Crippen LogP contribution in [0.4, 0.5) is 0 Å². The van der Waals surface area contributed by atoms with Gasteiger partial charge in [-0.05, 0) is 33.6 Å². The molecule has 0 radical (unpaired) electrons. The van der Waals surface area contributed by atoms with Gasteiger partial charge in [0.25, 0.3) is 0 Å². The molecule has 17 heavy (non-hydrogen) atoms. The first-order chi connectivity index (χ1) is 7.89. The Bertz CT molecular complexity index is 329. The van der Waals surface area contributed by atoms with Crippen molar-refractivity contribution < 1.29 is 9.59 Å². The van der Waals surface area contributed by atoms with Crippen LogP contribution in [0.2, 0.25) is 0 Å². The molecule has 0 spiro atoms. The third-order valence-corrected chi connectivity index (χ3v) is 3.80. The van der Waals surface area contributed by atoms with Gasteiger partial charge in [-0.2, -0.15) is 0 Å². The van der Waals surface area contributed by atoms with Crippen LogP contribution in [-0.4, -0.2) is 46.8 Å². The van der Waals surface area contributed by atoms with E-state index in [2.05, 4.69) is 0 Å². The molecule has 2 amide bonds. The number of hydrogen-bond acceptors (Lipinski definition) is 2. The molecule has 4 nitrogen and oxygen atoms in total. The summed E-state index contributed by atoms with van der Waals surface area (Å²) in [6.45, 7) is 7.74. The van der Waals surface area contributed by atoms with Crippen LogP contribution >= 0.6 is 0 Å². The highest BCUT2D eigenvalue weighted by Gasteiger charge is 2.36. The molecule has 0 aromatic rings. The van der Waals surface area contributed by atoms with Gasteiger partial charge in [-0.1, -0.05) is 6.42 Å². The quantitative estimate of drug-likeness (QED) is 0.690. The van der Waals surface area contributed by atoms with Gasteiger partial charge in [0.05, 0.1) is 6.54 Å². The lowest BCUT2D eigenvalue weighted by atomic mass is 9.84. The summed E-state index contributed by atoms with van der Waals surface area (Å²) in [5, 5.41) is 0. The Kier molecular flexibility index (Phi) is 3.15. The molecule has 0 aromatic carbocycles. The number of carbonyl (C=O) groups is 2. The van der Waals surface area contributed by atoms with Crippen LogP contribution in [0.3, 0.4) is 0 Å². The van der Waals surface area contributed by atoms with Crippen LogP contribution in [0, 0.1) is 5.92 Å². The van der Waals surface area contributed by atoms with Gasteiger partial charge >= 0.3 is 0 Å². The lowest BCUT2D eigenvalue weighted by Gasteiger charge is -2.43. The van der Waals surface area contributed by atoms with Crippen molar-refractivity contribution in [3.63, 3.8) is 0 Å². The topological polar surface area (TPSA) is 40.6 Å². The fourth-order valence-corrected chi connectivity index (χ4v) is 2.48. The molecule has 0 N–H and O–H groups in total. The second-order valence-corrected chi connectivity index (χ2v) is 6.10. The summed E-state index contributed by atoms with van der Waals surface area (Å²) in [5.74, 6) is 0.471. The Labute approximate surface area is 103 Å². The molecule has 4 heteroatoms. The van der Waals surface area contributed by atoms with Crippen LogP contribution in [0.1, 0.15) is 40.0 Å². The molecule has 0 bridgehead atoms. The Balaban J connectivity index is 1.95. The van der Waals surface area contributed by atoms with Crippen LogP contribution in [0.5, 0.6) is 0 Å². The minimum atomic E-state index is -0.136. The maximum atomic E-state index is 12.0. The molecule has 1 saturated carbocycles. The third-order valence-electron chi connectivity index (χ3n) is 3.80. The van der Waals surface area contributed by atoms with Crippen molar-refractivity contribution in [2.24, 2.45) is 5.92 Å². The molecule has 0 aromatic heterocycles. The monoisotopic (exact) mass is 238 g/mol. The molecule has 1 saturated heterocycles. The van der Waals surface area contributed by atoms with Crippen molar-refractivity contribution in [1.29, 1.82) is 0 Å². The molecule has 96 valence electrons. The molecule has 0 unspecified atom stereocenters. The summed E-state index contributed by atoms with van der Waals surface area (Å²) in [7, 11) is 0. The molecule has 2 rings (SSSR count). The summed E-state index contributed by atoms with van der Waals surface area (Å²) in [6.07, 6.45) is 3.17. The Morgan fingerprint density at radius 1 is 1.24 bits per heavy atom.